The molecule has 10 heteroatoms. The molecule has 0 unspecified atom stereocenters. The number of hydrogen-bond acceptors (Lipinski definition) is 4. The van der Waals surface area contributed by atoms with Crippen LogP contribution in [0.3, 0.4) is 0 Å². The third kappa shape index (κ3) is 3.15. The monoisotopic (exact) mass is 441 g/mol. The molecule has 0 saturated carbocycles. The average Bonchev–Trinajstić information content (AvgIpc) is 3.25. The third-order valence-corrected chi connectivity index (χ3v) is 5.50. The van der Waals surface area contributed by atoms with Crippen LogP contribution in [0.2, 0.25) is 0 Å². The summed E-state index contributed by atoms with van der Waals surface area (Å²) in [5.74, 6) is -0.533. The number of anilines is 1. The van der Waals surface area contributed by atoms with Gasteiger partial charge < -0.3 is 10.7 Å². The number of rotatable bonds is 3. The number of pyridine rings is 2. The van der Waals surface area contributed by atoms with E-state index < -0.39 is 24.0 Å². The Labute approximate surface area is 177 Å². The molecule has 0 radical (unpaired) electrons. The van der Waals surface area contributed by atoms with Gasteiger partial charge in [0.05, 0.1) is 17.2 Å². The first-order chi connectivity index (χ1) is 15.2. The summed E-state index contributed by atoms with van der Waals surface area (Å²) in [6.07, 6.45) is -2.77. The number of fused-ring (bicyclic) bond motifs is 4. The van der Waals surface area contributed by atoms with E-state index in [1.807, 2.05) is 0 Å². The van der Waals surface area contributed by atoms with E-state index in [2.05, 4.69) is 20.2 Å². The van der Waals surface area contributed by atoms with E-state index in [9.17, 15) is 22.4 Å². The highest BCUT2D eigenvalue weighted by molar-refractivity contribution is 6.14. The van der Waals surface area contributed by atoms with Gasteiger partial charge in [0.2, 0.25) is 0 Å². The van der Waals surface area contributed by atoms with Crippen molar-refractivity contribution in [2.75, 3.05) is 5.73 Å². The Balaban J connectivity index is 1.90. The standard InChI is InChI=1S/C22H15F4N5O/c23-15-4-3-11(14-9-29-31-20(14)15)16-13-8-10(5-6-22(24,25)26)18-12(2-1-7-28-18)19(13)30-21(32)17(16)27/h1-4,7-9H,5-6,27H2,(H,29,31)(H,30,32). The van der Waals surface area contributed by atoms with Gasteiger partial charge >= 0.3 is 6.18 Å². The number of halogens is 4. The van der Waals surface area contributed by atoms with E-state index in [1.54, 1.807) is 18.2 Å². The fourth-order valence-corrected chi connectivity index (χ4v) is 4.07. The first kappa shape index (κ1) is 20.0. The number of nitrogens with one attached hydrogen (secondary N) is 2. The van der Waals surface area contributed by atoms with Crippen LogP contribution in [0.1, 0.15) is 12.0 Å². The van der Waals surface area contributed by atoms with Gasteiger partial charge in [-0.25, -0.2) is 4.39 Å². The summed E-state index contributed by atoms with van der Waals surface area (Å²) in [6, 6.07) is 7.56. The van der Waals surface area contributed by atoms with E-state index in [1.165, 1.54) is 24.5 Å². The number of nitrogen functional groups attached to an aromatic ring is 1. The lowest BCUT2D eigenvalue weighted by Crippen LogP contribution is -2.14. The molecule has 0 aliphatic carbocycles. The van der Waals surface area contributed by atoms with Crippen molar-refractivity contribution in [1.82, 2.24) is 20.2 Å². The van der Waals surface area contributed by atoms with Gasteiger partial charge in [0.1, 0.15) is 17.0 Å². The fraction of sp³-hybridized carbons (Fsp3) is 0.136. The summed E-state index contributed by atoms with van der Waals surface area (Å²) in [5, 5.41) is 7.77. The molecule has 0 amide bonds. The molecule has 0 bridgehead atoms. The van der Waals surface area contributed by atoms with Gasteiger partial charge in [0, 0.05) is 34.3 Å². The van der Waals surface area contributed by atoms with Crippen molar-refractivity contribution in [3.8, 4) is 11.1 Å². The Kier molecular flexibility index (Phi) is 4.40. The van der Waals surface area contributed by atoms with Crippen molar-refractivity contribution in [3.63, 3.8) is 0 Å². The third-order valence-electron chi connectivity index (χ3n) is 5.50. The van der Waals surface area contributed by atoms with E-state index in [4.69, 9.17) is 5.73 Å². The predicted octanol–water partition coefficient (Wildman–Crippen LogP) is 4.84. The molecule has 3 heterocycles. The molecule has 0 aliphatic rings. The Hall–Kier alpha value is -3.95. The number of aryl methyl sites for hydroxylation is 1. The van der Waals surface area contributed by atoms with Gasteiger partial charge in [-0.15, -0.1) is 0 Å². The highest BCUT2D eigenvalue weighted by Crippen LogP contribution is 2.39. The van der Waals surface area contributed by atoms with Gasteiger partial charge in [-0.05, 0) is 41.8 Å². The van der Waals surface area contributed by atoms with E-state index in [0.29, 0.717) is 43.9 Å². The number of alkyl halides is 3. The van der Waals surface area contributed by atoms with Crippen molar-refractivity contribution in [3.05, 3.63) is 64.5 Å². The minimum Gasteiger partial charge on any atom is -0.394 e. The Morgan fingerprint density at radius 3 is 2.66 bits per heavy atom. The van der Waals surface area contributed by atoms with Crippen LogP contribution < -0.4 is 11.3 Å². The first-order valence-electron chi connectivity index (χ1n) is 9.65. The van der Waals surface area contributed by atoms with Crippen molar-refractivity contribution >= 4 is 38.4 Å². The zero-order valence-corrected chi connectivity index (χ0v) is 16.3. The van der Waals surface area contributed by atoms with Crippen LogP contribution in [0.5, 0.6) is 0 Å². The molecule has 2 aromatic carbocycles. The van der Waals surface area contributed by atoms with Crippen LogP contribution in [-0.4, -0.2) is 26.3 Å². The maximum absolute atomic E-state index is 14.2. The van der Waals surface area contributed by atoms with Crippen LogP contribution >= 0.6 is 0 Å². The summed E-state index contributed by atoms with van der Waals surface area (Å²) in [5.41, 5.74) is 7.45. The minimum absolute atomic E-state index is 0.128. The molecule has 32 heavy (non-hydrogen) atoms. The van der Waals surface area contributed by atoms with E-state index >= 15 is 0 Å². The van der Waals surface area contributed by atoms with Crippen molar-refractivity contribution in [1.29, 1.82) is 0 Å². The molecule has 5 rings (SSSR count). The molecular formula is C22H15F4N5O. The molecule has 0 atom stereocenters. The van der Waals surface area contributed by atoms with Crippen LogP contribution in [0.25, 0.3) is 43.8 Å². The highest BCUT2D eigenvalue weighted by atomic mass is 19.4. The largest absolute Gasteiger partial charge is 0.394 e. The molecule has 3 aromatic heterocycles. The zero-order valence-electron chi connectivity index (χ0n) is 16.3. The first-order valence-corrected chi connectivity index (χ1v) is 9.65. The fourth-order valence-electron chi connectivity index (χ4n) is 4.07. The lowest BCUT2D eigenvalue weighted by atomic mass is 9.93. The second kappa shape index (κ2) is 7.04. The van der Waals surface area contributed by atoms with Crippen LogP contribution in [0, 0.1) is 5.82 Å². The number of hydrogen-bond donors (Lipinski definition) is 3. The van der Waals surface area contributed by atoms with Gasteiger partial charge in [0.15, 0.2) is 0 Å². The van der Waals surface area contributed by atoms with E-state index in [-0.39, 0.29) is 17.6 Å². The SMILES string of the molecule is Nc1c(-c2ccc(F)c3[nH]ncc23)c2cc(CCC(F)(F)F)c3ncccc3c2[nH]c1=O. The van der Waals surface area contributed by atoms with Crippen molar-refractivity contribution < 1.29 is 17.6 Å². The summed E-state index contributed by atoms with van der Waals surface area (Å²) in [6.45, 7) is 0. The number of H-pyrrole nitrogens is 2. The predicted molar refractivity (Wildman–Crippen MR) is 114 cm³/mol. The molecule has 0 spiro atoms. The maximum atomic E-state index is 14.2. The number of nitrogens with two attached hydrogens (primary N) is 1. The normalized spacial score (nSPS) is 12.2. The Morgan fingerprint density at radius 2 is 1.88 bits per heavy atom. The van der Waals surface area contributed by atoms with Crippen LogP contribution in [0.4, 0.5) is 23.2 Å². The molecule has 4 N–H and O–H groups in total. The second-order valence-corrected chi connectivity index (χ2v) is 7.47. The second-order valence-electron chi connectivity index (χ2n) is 7.47. The summed E-state index contributed by atoms with van der Waals surface area (Å²) < 4.78 is 53.1. The van der Waals surface area contributed by atoms with E-state index in [0.717, 1.165) is 0 Å². The van der Waals surface area contributed by atoms with Crippen molar-refractivity contribution in [2.45, 2.75) is 19.0 Å². The summed E-state index contributed by atoms with van der Waals surface area (Å²) in [4.78, 5) is 19.7. The van der Waals surface area contributed by atoms with Crippen LogP contribution in [-0.2, 0) is 6.42 Å². The quantitative estimate of drug-likeness (QED) is 0.276. The molecule has 0 aliphatic heterocycles. The van der Waals surface area contributed by atoms with Gasteiger partial charge in [0.25, 0.3) is 5.56 Å². The summed E-state index contributed by atoms with van der Waals surface area (Å²) >= 11 is 0. The molecule has 0 fully saturated rings. The van der Waals surface area contributed by atoms with Crippen LogP contribution in [0.15, 0.2) is 47.5 Å². The molecule has 6 nitrogen and oxygen atoms in total. The molecular weight excluding hydrogens is 426 g/mol. The molecule has 162 valence electrons. The van der Waals surface area contributed by atoms with Gasteiger partial charge in [-0.2, -0.15) is 18.3 Å². The Bertz CT molecular complexity index is 1570. The lowest BCUT2D eigenvalue weighted by Gasteiger charge is -2.15. The Morgan fingerprint density at radius 1 is 1.06 bits per heavy atom. The molecule has 0 saturated heterocycles. The minimum atomic E-state index is -4.34. The number of benzene rings is 2. The summed E-state index contributed by atoms with van der Waals surface area (Å²) in [7, 11) is 0. The van der Waals surface area contributed by atoms with Crippen molar-refractivity contribution in [2.24, 2.45) is 0 Å². The smallest absolute Gasteiger partial charge is 0.389 e. The number of aromatic nitrogens is 4. The number of nitrogens with zero attached hydrogens (tertiary/aromatic N) is 2. The van der Waals surface area contributed by atoms with Gasteiger partial charge in [-0.3, -0.25) is 14.9 Å². The zero-order chi connectivity index (χ0) is 22.6. The number of aromatic amines is 2. The maximum Gasteiger partial charge on any atom is 0.389 e. The topological polar surface area (TPSA) is 100 Å². The molecule has 5 aromatic rings. The average molecular weight is 441 g/mol. The van der Waals surface area contributed by atoms with Gasteiger partial charge in [-0.1, -0.05) is 6.07 Å². The highest BCUT2D eigenvalue weighted by Gasteiger charge is 2.27. The lowest BCUT2D eigenvalue weighted by molar-refractivity contribution is -0.133.